The van der Waals surface area contributed by atoms with Crippen molar-refractivity contribution in [1.82, 2.24) is 4.90 Å². The van der Waals surface area contributed by atoms with Crippen LogP contribution in [0.3, 0.4) is 0 Å². The molecule has 1 aliphatic heterocycles. The molecule has 40 heavy (non-hydrogen) atoms. The summed E-state index contributed by atoms with van der Waals surface area (Å²) in [5.41, 5.74) is 2.86. The number of rotatable bonds is 15. The van der Waals surface area contributed by atoms with Crippen molar-refractivity contribution in [2.24, 2.45) is 0 Å². The molecule has 6 heteroatoms. The van der Waals surface area contributed by atoms with E-state index in [1.807, 2.05) is 36.4 Å². The maximum absolute atomic E-state index is 12.8. The van der Waals surface area contributed by atoms with Crippen LogP contribution in [0.5, 0.6) is 11.5 Å². The number of benzene rings is 3. The molecule has 3 aromatic carbocycles. The van der Waals surface area contributed by atoms with Crippen LogP contribution < -0.4 is 9.47 Å². The average Bonchev–Trinajstić information content (AvgIpc) is 3.22. The summed E-state index contributed by atoms with van der Waals surface area (Å²) in [6.45, 7) is 5.45. The molecule has 0 atom stereocenters. The standard InChI is InChI=1S/C34H39NO5/c1-3-5-7-9-11-23-39-28-17-12-25(13-18-28)26-14-19-29(20-15-26)40-34(38)27-16-21-30-31(24-27)33(37)35(32(30)36)22-10-8-6-4-2/h12-21,24H,3-11,22-23H2,1-2H3. The Morgan fingerprint density at radius 3 is 1.88 bits per heavy atom. The van der Waals surface area contributed by atoms with Crippen LogP contribution in [0.25, 0.3) is 11.1 Å². The Morgan fingerprint density at radius 1 is 0.650 bits per heavy atom. The smallest absolute Gasteiger partial charge is 0.343 e. The van der Waals surface area contributed by atoms with Gasteiger partial charge in [-0.2, -0.15) is 0 Å². The fourth-order valence-electron chi connectivity index (χ4n) is 4.84. The van der Waals surface area contributed by atoms with Gasteiger partial charge in [-0.25, -0.2) is 4.79 Å². The molecular weight excluding hydrogens is 502 g/mol. The minimum atomic E-state index is -0.576. The molecule has 210 valence electrons. The molecule has 2 amide bonds. The number of fused-ring (bicyclic) bond motifs is 1. The third-order valence-electron chi connectivity index (χ3n) is 7.21. The van der Waals surface area contributed by atoms with Crippen LogP contribution >= 0.6 is 0 Å². The molecule has 3 aromatic rings. The number of esters is 1. The molecule has 4 rings (SSSR count). The number of unbranched alkanes of at least 4 members (excludes halogenated alkanes) is 7. The number of nitrogens with zero attached hydrogens (tertiary/aromatic N) is 1. The zero-order chi connectivity index (χ0) is 28.3. The third-order valence-corrected chi connectivity index (χ3v) is 7.21. The molecule has 0 aromatic heterocycles. The second kappa shape index (κ2) is 14.5. The van der Waals surface area contributed by atoms with Gasteiger partial charge in [-0.15, -0.1) is 0 Å². The summed E-state index contributed by atoms with van der Waals surface area (Å²) in [6, 6.07) is 19.8. The molecule has 1 aliphatic rings. The van der Waals surface area contributed by atoms with Crippen molar-refractivity contribution in [2.75, 3.05) is 13.2 Å². The summed E-state index contributed by atoms with van der Waals surface area (Å²) in [7, 11) is 0. The van der Waals surface area contributed by atoms with Crippen molar-refractivity contribution in [1.29, 1.82) is 0 Å². The monoisotopic (exact) mass is 541 g/mol. The van der Waals surface area contributed by atoms with Crippen molar-refractivity contribution >= 4 is 17.8 Å². The van der Waals surface area contributed by atoms with E-state index in [9.17, 15) is 14.4 Å². The molecule has 0 N–H and O–H groups in total. The van der Waals surface area contributed by atoms with Gasteiger partial charge in [-0.1, -0.05) is 83.1 Å². The number of carbonyl (C=O) groups excluding carboxylic acids is 3. The van der Waals surface area contributed by atoms with Gasteiger partial charge in [0.25, 0.3) is 11.8 Å². The largest absolute Gasteiger partial charge is 0.494 e. The van der Waals surface area contributed by atoms with Crippen molar-refractivity contribution in [3.63, 3.8) is 0 Å². The highest BCUT2D eigenvalue weighted by molar-refractivity contribution is 6.22. The fraction of sp³-hybridized carbons (Fsp3) is 0.382. The first kappa shape index (κ1) is 29.1. The molecule has 0 radical (unpaired) electrons. The first-order valence-corrected chi connectivity index (χ1v) is 14.6. The number of carbonyl (C=O) groups is 3. The number of ether oxygens (including phenoxy) is 2. The highest BCUT2D eigenvalue weighted by atomic mass is 16.5. The zero-order valence-corrected chi connectivity index (χ0v) is 23.6. The SMILES string of the molecule is CCCCCCCOc1ccc(-c2ccc(OC(=O)c3ccc4c(c3)C(=O)N(CCCCCC)C4=O)cc2)cc1. The predicted octanol–water partition coefficient (Wildman–Crippen LogP) is 8.10. The number of hydrogen-bond acceptors (Lipinski definition) is 5. The van der Waals surface area contributed by atoms with Crippen LogP contribution in [0.15, 0.2) is 66.7 Å². The van der Waals surface area contributed by atoms with E-state index in [1.54, 1.807) is 18.2 Å². The zero-order valence-electron chi connectivity index (χ0n) is 23.6. The minimum absolute atomic E-state index is 0.234. The van der Waals surface area contributed by atoms with Gasteiger partial charge in [0.1, 0.15) is 11.5 Å². The summed E-state index contributed by atoms with van der Waals surface area (Å²) in [5.74, 6) is 0.0393. The van der Waals surface area contributed by atoms with Gasteiger partial charge < -0.3 is 9.47 Å². The lowest BCUT2D eigenvalue weighted by atomic mass is 10.1. The lowest BCUT2D eigenvalue weighted by Gasteiger charge is -2.13. The highest BCUT2D eigenvalue weighted by Crippen LogP contribution is 2.27. The van der Waals surface area contributed by atoms with Gasteiger partial charge >= 0.3 is 5.97 Å². The van der Waals surface area contributed by atoms with Crippen LogP contribution in [0.4, 0.5) is 0 Å². The van der Waals surface area contributed by atoms with Gasteiger partial charge in [0.15, 0.2) is 0 Å². The topological polar surface area (TPSA) is 72.9 Å². The summed E-state index contributed by atoms with van der Waals surface area (Å²) in [4.78, 5) is 39.6. The summed E-state index contributed by atoms with van der Waals surface area (Å²) >= 11 is 0. The first-order chi connectivity index (χ1) is 19.5. The molecule has 0 unspecified atom stereocenters. The molecule has 6 nitrogen and oxygen atoms in total. The van der Waals surface area contributed by atoms with Crippen LogP contribution in [-0.2, 0) is 0 Å². The number of hydrogen-bond donors (Lipinski definition) is 0. The Morgan fingerprint density at radius 2 is 1.23 bits per heavy atom. The Kier molecular flexibility index (Phi) is 10.5. The lowest BCUT2D eigenvalue weighted by Crippen LogP contribution is -2.30. The van der Waals surface area contributed by atoms with Crippen molar-refractivity contribution in [3.8, 4) is 22.6 Å². The van der Waals surface area contributed by atoms with Gasteiger partial charge in [0.2, 0.25) is 0 Å². The van der Waals surface area contributed by atoms with Gasteiger partial charge in [-0.05, 0) is 66.4 Å². The van der Waals surface area contributed by atoms with Gasteiger partial charge in [0, 0.05) is 6.54 Å². The van der Waals surface area contributed by atoms with E-state index in [0.29, 0.717) is 17.9 Å². The maximum Gasteiger partial charge on any atom is 0.343 e. The van der Waals surface area contributed by atoms with Crippen LogP contribution in [0.2, 0.25) is 0 Å². The van der Waals surface area contributed by atoms with Crippen molar-refractivity contribution < 1.29 is 23.9 Å². The summed E-state index contributed by atoms with van der Waals surface area (Å²) in [5, 5.41) is 0. The molecular formula is C34H39NO5. The van der Waals surface area contributed by atoms with Gasteiger partial charge in [0.05, 0.1) is 23.3 Å². The van der Waals surface area contributed by atoms with Gasteiger partial charge in [-0.3, -0.25) is 14.5 Å². The molecule has 0 bridgehead atoms. The average molecular weight is 542 g/mol. The van der Waals surface area contributed by atoms with Crippen molar-refractivity contribution in [2.45, 2.75) is 71.6 Å². The minimum Gasteiger partial charge on any atom is -0.494 e. The highest BCUT2D eigenvalue weighted by Gasteiger charge is 2.35. The fourth-order valence-corrected chi connectivity index (χ4v) is 4.84. The van der Waals surface area contributed by atoms with Crippen molar-refractivity contribution in [3.05, 3.63) is 83.4 Å². The van der Waals surface area contributed by atoms with E-state index in [2.05, 4.69) is 13.8 Å². The number of imide groups is 1. The van der Waals surface area contributed by atoms with E-state index in [0.717, 1.165) is 55.6 Å². The van der Waals surface area contributed by atoms with Crippen LogP contribution in [0.1, 0.15) is 103 Å². The molecule has 1 heterocycles. The normalized spacial score (nSPS) is 12.5. The Labute approximate surface area is 237 Å². The Bertz CT molecular complexity index is 1300. The van der Waals surface area contributed by atoms with E-state index < -0.39 is 5.97 Å². The second-order valence-corrected chi connectivity index (χ2v) is 10.3. The molecule has 0 aliphatic carbocycles. The molecule has 0 saturated carbocycles. The molecule has 0 fully saturated rings. The second-order valence-electron chi connectivity index (χ2n) is 10.3. The first-order valence-electron chi connectivity index (χ1n) is 14.6. The van der Waals surface area contributed by atoms with Crippen LogP contribution in [-0.4, -0.2) is 35.8 Å². The predicted molar refractivity (Wildman–Crippen MR) is 157 cm³/mol. The quantitative estimate of drug-likeness (QED) is 0.0841. The van der Waals surface area contributed by atoms with Crippen LogP contribution in [0, 0.1) is 0 Å². The van der Waals surface area contributed by atoms with E-state index in [1.165, 1.54) is 42.7 Å². The number of amides is 2. The lowest BCUT2D eigenvalue weighted by molar-refractivity contribution is 0.0650. The molecule has 0 spiro atoms. The van der Waals surface area contributed by atoms with E-state index in [4.69, 9.17) is 9.47 Å². The van der Waals surface area contributed by atoms with E-state index in [-0.39, 0.29) is 22.9 Å². The molecule has 0 saturated heterocycles. The Balaban J connectivity index is 1.31. The summed E-state index contributed by atoms with van der Waals surface area (Å²) < 4.78 is 11.4. The third kappa shape index (κ3) is 7.38. The summed E-state index contributed by atoms with van der Waals surface area (Å²) in [6.07, 6.45) is 9.95. The maximum atomic E-state index is 12.8. The Hall–Kier alpha value is -3.93. The van der Waals surface area contributed by atoms with E-state index >= 15 is 0 Å².